The van der Waals surface area contributed by atoms with E-state index in [1.165, 1.54) is 12.1 Å². The van der Waals surface area contributed by atoms with Crippen LogP contribution in [-0.4, -0.2) is 28.7 Å². The number of carbonyl (C=O) groups excluding carboxylic acids is 2. The molecule has 0 aliphatic rings. The Morgan fingerprint density at radius 2 is 1.59 bits per heavy atom. The largest absolute Gasteiger partial charge is 0.504 e. The predicted octanol–water partition coefficient (Wildman–Crippen LogP) is 3.79. The number of esters is 1. The summed E-state index contributed by atoms with van der Waals surface area (Å²) in [6.45, 7) is 1.07. The van der Waals surface area contributed by atoms with Crippen LogP contribution in [0.15, 0.2) is 66.7 Å². The zero-order valence-electron chi connectivity index (χ0n) is 15.9. The molecule has 6 heteroatoms. The van der Waals surface area contributed by atoms with E-state index in [1.54, 1.807) is 13.0 Å². The standard InChI is InChI=1S/C23H21NO5/c1-15-11-12-18(22(27)21(15)26)23(28)29-14-20(25)24-19-10-6-5-9-17(19)13-16-7-3-2-4-8-16/h2-12,26-27H,13-14H2,1H3,(H,24,25). The molecule has 0 unspecified atom stereocenters. The van der Waals surface area contributed by atoms with Crippen molar-refractivity contribution in [3.05, 3.63) is 89.0 Å². The fourth-order valence-electron chi connectivity index (χ4n) is 2.85. The summed E-state index contributed by atoms with van der Waals surface area (Å²) < 4.78 is 4.97. The van der Waals surface area contributed by atoms with Crippen LogP contribution in [0.5, 0.6) is 11.5 Å². The Morgan fingerprint density at radius 3 is 2.34 bits per heavy atom. The number of hydrogen-bond donors (Lipinski definition) is 3. The lowest BCUT2D eigenvalue weighted by atomic mass is 10.0. The molecule has 0 aromatic heterocycles. The van der Waals surface area contributed by atoms with Gasteiger partial charge in [0.15, 0.2) is 18.1 Å². The number of para-hydroxylation sites is 1. The van der Waals surface area contributed by atoms with E-state index in [9.17, 15) is 19.8 Å². The number of rotatable bonds is 6. The molecule has 0 bridgehead atoms. The Balaban J connectivity index is 1.63. The molecule has 148 valence electrons. The van der Waals surface area contributed by atoms with Crippen LogP contribution < -0.4 is 5.32 Å². The van der Waals surface area contributed by atoms with Gasteiger partial charge in [0, 0.05) is 5.69 Å². The summed E-state index contributed by atoms with van der Waals surface area (Å²) in [5.41, 5.74) is 2.89. The Morgan fingerprint density at radius 1 is 0.897 bits per heavy atom. The van der Waals surface area contributed by atoms with Gasteiger partial charge in [-0.15, -0.1) is 0 Å². The number of aryl methyl sites for hydroxylation is 1. The molecule has 3 aromatic carbocycles. The average molecular weight is 391 g/mol. The van der Waals surface area contributed by atoms with Gasteiger partial charge in [-0.1, -0.05) is 54.6 Å². The number of benzene rings is 3. The predicted molar refractivity (Wildman–Crippen MR) is 109 cm³/mol. The number of aromatic hydroxyl groups is 2. The van der Waals surface area contributed by atoms with Crippen LogP contribution >= 0.6 is 0 Å². The van der Waals surface area contributed by atoms with E-state index in [1.807, 2.05) is 48.5 Å². The van der Waals surface area contributed by atoms with E-state index in [4.69, 9.17) is 4.74 Å². The van der Waals surface area contributed by atoms with Gasteiger partial charge in [0.2, 0.25) is 0 Å². The summed E-state index contributed by atoms with van der Waals surface area (Å²) >= 11 is 0. The third-order valence-electron chi connectivity index (χ3n) is 4.44. The van der Waals surface area contributed by atoms with Crippen molar-refractivity contribution in [1.82, 2.24) is 0 Å². The van der Waals surface area contributed by atoms with E-state index >= 15 is 0 Å². The average Bonchev–Trinajstić information content (AvgIpc) is 2.72. The normalized spacial score (nSPS) is 10.4. The summed E-state index contributed by atoms with van der Waals surface area (Å²) in [7, 11) is 0. The zero-order chi connectivity index (χ0) is 20.8. The molecule has 1 amide bonds. The monoisotopic (exact) mass is 391 g/mol. The molecule has 0 saturated heterocycles. The molecular formula is C23H21NO5. The number of hydrogen-bond acceptors (Lipinski definition) is 5. The van der Waals surface area contributed by atoms with Crippen LogP contribution in [0.4, 0.5) is 5.69 Å². The van der Waals surface area contributed by atoms with Crippen molar-refractivity contribution in [3.63, 3.8) is 0 Å². The fraction of sp³-hybridized carbons (Fsp3) is 0.130. The quantitative estimate of drug-likeness (QED) is 0.439. The van der Waals surface area contributed by atoms with Gasteiger partial charge in [0.1, 0.15) is 5.56 Å². The van der Waals surface area contributed by atoms with Gasteiger partial charge >= 0.3 is 5.97 Å². The first-order valence-corrected chi connectivity index (χ1v) is 9.06. The molecule has 0 heterocycles. The molecule has 3 rings (SSSR count). The van der Waals surface area contributed by atoms with Crippen LogP contribution in [0.2, 0.25) is 0 Å². The Hall–Kier alpha value is -3.80. The number of ether oxygens (including phenoxy) is 1. The molecule has 0 radical (unpaired) electrons. The van der Waals surface area contributed by atoms with Crippen molar-refractivity contribution in [2.45, 2.75) is 13.3 Å². The van der Waals surface area contributed by atoms with Crippen molar-refractivity contribution in [2.75, 3.05) is 11.9 Å². The Kier molecular flexibility index (Phi) is 6.14. The van der Waals surface area contributed by atoms with Gasteiger partial charge in [0.05, 0.1) is 0 Å². The van der Waals surface area contributed by atoms with Crippen LogP contribution in [0.1, 0.15) is 27.0 Å². The lowest BCUT2D eigenvalue weighted by Crippen LogP contribution is -2.21. The fourth-order valence-corrected chi connectivity index (χ4v) is 2.85. The number of carbonyl (C=O) groups is 2. The van der Waals surface area contributed by atoms with Crippen LogP contribution in [0, 0.1) is 6.92 Å². The van der Waals surface area contributed by atoms with Gasteiger partial charge < -0.3 is 20.3 Å². The minimum Gasteiger partial charge on any atom is -0.504 e. The molecule has 6 nitrogen and oxygen atoms in total. The SMILES string of the molecule is Cc1ccc(C(=O)OCC(=O)Nc2ccccc2Cc2ccccc2)c(O)c1O. The first-order valence-electron chi connectivity index (χ1n) is 9.06. The maximum atomic E-state index is 12.3. The second-order valence-electron chi connectivity index (χ2n) is 6.57. The van der Waals surface area contributed by atoms with E-state index in [0.717, 1.165) is 11.1 Å². The highest BCUT2D eigenvalue weighted by Gasteiger charge is 2.18. The van der Waals surface area contributed by atoms with Gasteiger partial charge in [-0.3, -0.25) is 4.79 Å². The molecule has 0 atom stereocenters. The second kappa shape index (κ2) is 8.93. The number of anilines is 1. The molecular weight excluding hydrogens is 370 g/mol. The number of nitrogens with one attached hydrogen (secondary N) is 1. The lowest BCUT2D eigenvalue weighted by Gasteiger charge is -2.12. The van der Waals surface area contributed by atoms with E-state index in [0.29, 0.717) is 17.7 Å². The highest BCUT2D eigenvalue weighted by molar-refractivity contribution is 5.97. The molecule has 0 aliphatic carbocycles. The first kappa shape index (κ1) is 19.9. The smallest absolute Gasteiger partial charge is 0.342 e. The maximum absolute atomic E-state index is 12.3. The molecule has 3 aromatic rings. The van der Waals surface area contributed by atoms with Gasteiger partial charge in [-0.2, -0.15) is 0 Å². The van der Waals surface area contributed by atoms with Gasteiger partial charge in [-0.05, 0) is 42.2 Å². The van der Waals surface area contributed by atoms with Gasteiger partial charge in [0.25, 0.3) is 5.91 Å². The first-order chi connectivity index (χ1) is 14.0. The third-order valence-corrected chi connectivity index (χ3v) is 4.44. The molecule has 0 aliphatic heterocycles. The zero-order valence-corrected chi connectivity index (χ0v) is 15.9. The van der Waals surface area contributed by atoms with Crippen molar-refractivity contribution in [1.29, 1.82) is 0 Å². The summed E-state index contributed by atoms with van der Waals surface area (Å²) in [5.74, 6) is -2.36. The molecule has 0 fully saturated rings. The third kappa shape index (κ3) is 4.93. The molecule has 29 heavy (non-hydrogen) atoms. The highest BCUT2D eigenvalue weighted by atomic mass is 16.5. The Labute approximate surface area is 168 Å². The van der Waals surface area contributed by atoms with E-state index in [2.05, 4.69) is 5.32 Å². The van der Waals surface area contributed by atoms with Gasteiger partial charge in [-0.25, -0.2) is 4.79 Å². The highest BCUT2D eigenvalue weighted by Crippen LogP contribution is 2.32. The van der Waals surface area contributed by atoms with E-state index < -0.39 is 30.0 Å². The lowest BCUT2D eigenvalue weighted by molar-refractivity contribution is -0.119. The van der Waals surface area contributed by atoms with Crippen molar-refractivity contribution < 1.29 is 24.5 Å². The molecule has 3 N–H and O–H groups in total. The number of phenols is 2. The molecule has 0 spiro atoms. The van der Waals surface area contributed by atoms with E-state index in [-0.39, 0.29) is 5.56 Å². The molecule has 0 saturated carbocycles. The summed E-state index contributed by atoms with van der Waals surface area (Å²) in [5, 5.41) is 22.3. The topological polar surface area (TPSA) is 95.9 Å². The van der Waals surface area contributed by atoms with Crippen molar-refractivity contribution >= 4 is 17.6 Å². The minimum absolute atomic E-state index is 0.203. The Bertz CT molecular complexity index is 1030. The number of amides is 1. The minimum atomic E-state index is -0.898. The van der Waals surface area contributed by atoms with Crippen molar-refractivity contribution in [3.8, 4) is 11.5 Å². The summed E-state index contributed by atoms with van der Waals surface area (Å²) in [4.78, 5) is 24.4. The summed E-state index contributed by atoms with van der Waals surface area (Å²) in [6, 6.07) is 20.1. The van der Waals surface area contributed by atoms with Crippen molar-refractivity contribution in [2.24, 2.45) is 0 Å². The maximum Gasteiger partial charge on any atom is 0.342 e. The second-order valence-corrected chi connectivity index (χ2v) is 6.57. The van der Waals surface area contributed by atoms with Crippen LogP contribution in [0.25, 0.3) is 0 Å². The number of phenolic OH excluding ortho intramolecular Hbond substituents is 2. The summed E-state index contributed by atoms with van der Waals surface area (Å²) in [6.07, 6.45) is 0.646. The van der Waals surface area contributed by atoms with Crippen LogP contribution in [-0.2, 0) is 16.0 Å². The van der Waals surface area contributed by atoms with Crippen LogP contribution in [0.3, 0.4) is 0 Å².